The van der Waals surface area contributed by atoms with E-state index < -0.39 is 23.5 Å². The number of aliphatic hydroxyl groups excluding tert-OH is 1. The van der Waals surface area contributed by atoms with Crippen LogP contribution in [-0.4, -0.2) is 27.7 Å². The number of rotatable bonds is 5. The lowest BCUT2D eigenvalue weighted by Gasteiger charge is -2.27. The van der Waals surface area contributed by atoms with E-state index in [1.54, 1.807) is 67.0 Å². The number of para-hydroxylation sites is 1. The van der Waals surface area contributed by atoms with Gasteiger partial charge in [0.1, 0.15) is 5.58 Å². The van der Waals surface area contributed by atoms with Crippen LogP contribution < -0.4 is 10.2 Å². The molecular formula is C26H19N3O5. The van der Waals surface area contributed by atoms with Crippen molar-refractivity contribution in [3.05, 3.63) is 102 Å². The molecule has 0 spiro atoms. The molecule has 168 valence electrons. The van der Waals surface area contributed by atoms with Gasteiger partial charge in [-0.25, -0.2) is 0 Å². The van der Waals surface area contributed by atoms with Crippen molar-refractivity contribution in [2.45, 2.75) is 13.0 Å². The molecule has 0 saturated carbocycles. The minimum absolute atomic E-state index is 0.0171. The van der Waals surface area contributed by atoms with Crippen LogP contribution in [0.5, 0.6) is 0 Å². The van der Waals surface area contributed by atoms with Crippen LogP contribution in [0.4, 0.5) is 11.4 Å². The van der Waals surface area contributed by atoms with Crippen LogP contribution in [0.2, 0.25) is 0 Å². The minimum atomic E-state index is -0.927. The van der Waals surface area contributed by atoms with Gasteiger partial charge < -0.3 is 14.8 Å². The van der Waals surface area contributed by atoms with E-state index in [4.69, 9.17) is 4.42 Å². The number of aliphatic hydroxyl groups is 1. The Morgan fingerprint density at radius 2 is 1.79 bits per heavy atom. The number of pyridine rings is 1. The summed E-state index contributed by atoms with van der Waals surface area (Å²) in [6.45, 7) is 1.38. The molecule has 1 aliphatic rings. The smallest absolute Gasteiger partial charge is 0.294 e. The number of carbonyl (C=O) groups is 3. The van der Waals surface area contributed by atoms with Crippen LogP contribution >= 0.6 is 0 Å². The van der Waals surface area contributed by atoms with Gasteiger partial charge in [0.15, 0.2) is 11.5 Å². The number of benzene rings is 2. The summed E-state index contributed by atoms with van der Waals surface area (Å²) in [5.74, 6) is -2.23. The Kier molecular flexibility index (Phi) is 5.18. The third kappa shape index (κ3) is 3.61. The number of carbonyl (C=O) groups excluding carboxylic acids is 3. The zero-order valence-corrected chi connectivity index (χ0v) is 18.1. The lowest BCUT2D eigenvalue weighted by atomic mass is 9.95. The summed E-state index contributed by atoms with van der Waals surface area (Å²) < 4.78 is 5.73. The van der Waals surface area contributed by atoms with E-state index >= 15 is 0 Å². The molecule has 2 aromatic carbocycles. The summed E-state index contributed by atoms with van der Waals surface area (Å²) in [7, 11) is 0. The topological polar surface area (TPSA) is 113 Å². The van der Waals surface area contributed by atoms with Crippen LogP contribution in [0.25, 0.3) is 11.0 Å². The highest BCUT2D eigenvalue weighted by molar-refractivity contribution is 6.20. The number of hydrogen-bond acceptors (Lipinski definition) is 6. The molecule has 2 aromatic heterocycles. The summed E-state index contributed by atoms with van der Waals surface area (Å²) in [4.78, 5) is 43.7. The molecule has 1 aliphatic heterocycles. The second kappa shape index (κ2) is 8.32. The van der Waals surface area contributed by atoms with Crippen molar-refractivity contribution in [2.24, 2.45) is 0 Å². The number of ketones is 1. The number of nitrogens with one attached hydrogen (secondary N) is 1. The molecule has 0 saturated heterocycles. The maximum absolute atomic E-state index is 13.6. The minimum Gasteiger partial charge on any atom is -0.503 e. The first kappa shape index (κ1) is 21.1. The monoisotopic (exact) mass is 453 g/mol. The molecule has 0 bridgehead atoms. The fraction of sp³-hybridized carbons (Fsp3) is 0.0769. The van der Waals surface area contributed by atoms with Gasteiger partial charge >= 0.3 is 0 Å². The van der Waals surface area contributed by atoms with Crippen molar-refractivity contribution in [1.82, 2.24) is 4.98 Å². The second-order valence-corrected chi connectivity index (χ2v) is 7.83. The van der Waals surface area contributed by atoms with E-state index in [0.29, 0.717) is 22.5 Å². The molecular weight excluding hydrogens is 434 g/mol. The highest BCUT2D eigenvalue weighted by Gasteiger charge is 2.45. The average molecular weight is 453 g/mol. The molecule has 2 N–H and O–H groups in total. The van der Waals surface area contributed by atoms with Gasteiger partial charge in [-0.15, -0.1) is 0 Å². The van der Waals surface area contributed by atoms with Crippen molar-refractivity contribution in [3.8, 4) is 0 Å². The molecule has 34 heavy (non-hydrogen) atoms. The van der Waals surface area contributed by atoms with Gasteiger partial charge in [-0.3, -0.25) is 24.3 Å². The quantitative estimate of drug-likeness (QED) is 0.428. The Labute approximate surface area is 194 Å². The molecule has 2 amide bonds. The third-order valence-electron chi connectivity index (χ3n) is 5.57. The molecule has 0 aliphatic carbocycles. The number of furan rings is 1. The van der Waals surface area contributed by atoms with Gasteiger partial charge in [0.25, 0.3) is 5.91 Å². The van der Waals surface area contributed by atoms with E-state index in [9.17, 15) is 19.5 Å². The lowest BCUT2D eigenvalue weighted by Crippen LogP contribution is -2.31. The average Bonchev–Trinajstić information content (AvgIpc) is 3.38. The number of anilines is 2. The first-order valence-corrected chi connectivity index (χ1v) is 10.5. The predicted octanol–water partition coefficient (Wildman–Crippen LogP) is 4.57. The Balaban J connectivity index is 1.63. The van der Waals surface area contributed by atoms with E-state index in [2.05, 4.69) is 10.3 Å². The molecule has 0 radical (unpaired) electrons. The molecule has 5 rings (SSSR count). The number of fused-ring (bicyclic) bond motifs is 1. The summed E-state index contributed by atoms with van der Waals surface area (Å²) in [5, 5.41) is 14.3. The SMILES string of the molecule is CC(=O)Nc1cccc(N2C(=O)C(O)=C(C(=O)c3cc4ccccc4o3)C2c2ccncc2)c1. The standard InChI is InChI=1S/C26H19N3O5/c1-15(30)28-18-6-4-7-19(14-18)29-23(16-9-11-27-12-10-16)22(25(32)26(29)33)24(31)21-13-17-5-2-3-8-20(17)34-21/h2-14,23,32H,1H3,(H,28,30). The highest BCUT2D eigenvalue weighted by atomic mass is 16.3. The Bertz CT molecular complexity index is 1440. The fourth-order valence-corrected chi connectivity index (χ4v) is 4.13. The van der Waals surface area contributed by atoms with E-state index in [1.807, 2.05) is 12.1 Å². The van der Waals surface area contributed by atoms with E-state index in [-0.39, 0.29) is 17.2 Å². The molecule has 1 atom stereocenters. The molecule has 1 unspecified atom stereocenters. The summed E-state index contributed by atoms with van der Waals surface area (Å²) >= 11 is 0. The number of hydrogen-bond donors (Lipinski definition) is 2. The number of nitrogens with zero attached hydrogens (tertiary/aromatic N) is 2. The first-order chi connectivity index (χ1) is 16.4. The molecule has 8 nitrogen and oxygen atoms in total. The molecule has 4 aromatic rings. The number of amides is 2. The van der Waals surface area contributed by atoms with Crippen molar-refractivity contribution in [1.29, 1.82) is 0 Å². The largest absolute Gasteiger partial charge is 0.503 e. The van der Waals surface area contributed by atoms with Crippen molar-refractivity contribution < 1.29 is 23.9 Å². The molecule has 8 heteroatoms. The van der Waals surface area contributed by atoms with Crippen LogP contribution in [0.3, 0.4) is 0 Å². The van der Waals surface area contributed by atoms with Crippen molar-refractivity contribution in [3.63, 3.8) is 0 Å². The number of Topliss-reactive ketones (excluding diaryl/α,β-unsaturated/α-hetero) is 1. The third-order valence-corrected chi connectivity index (χ3v) is 5.57. The summed E-state index contributed by atoms with van der Waals surface area (Å²) in [6, 6.07) is 17.8. The van der Waals surface area contributed by atoms with Crippen LogP contribution in [0.1, 0.15) is 29.1 Å². The zero-order chi connectivity index (χ0) is 23.8. The van der Waals surface area contributed by atoms with Crippen LogP contribution in [0, 0.1) is 0 Å². The second-order valence-electron chi connectivity index (χ2n) is 7.83. The van der Waals surface area contributed by atoms with Gasteiger partial charge in [-0.1, -0.05) is 24.3 Å². The predicted molar refractivity (Wildman–Crippen MR) is 125 cm³/mol. The summed E-state index contributed by atoms with van der Waals surface area (Å²) in [5.41, 5.74) is 1.88. The summed E-state index contributed by atoms with van der Waals surface area (Å²) in [6.07, 6.45) is 3.09. The van der Waals surface area contributed by atoms with Gasteiger partial charge in [0, 0.05) is 36.1 Å². The Hall–Kier alpha value is -4.72. The number of aromatic nitrogens is 1. The van der Waals surface area contributed by atoms with Gasteiger partial charge in [-0.05, 0) is 48.0 Å². The fourth-order valence-electron chi connectivity index (χ4n) is 4.13. The zero-order valence-electron chi connectivity index (χ0n) is 18.1. The maximum atomic E-state index is 13.6. The molecule has 3 heterocycles. The van der Waals surface area contributed by atoms with E-state index in [1.165, 1.54) is 11.8 Å². The van der Waals surface area contributed by atoms with Crippen molar-refractivity contribution >= 4 is 39.9 Å². The Morgan fingerprint density at radius 1 is 1.03 bits per heavy atom. The first-order valence-electron chi connectivity index (χ1n) is 10.5. The lowest BCUT2D eigenvalue weighted by molar-refractivity contribution is -0.117. The van der Waals surface area contributed by atoms with Gasteiger partial charge in [-0.2, -0.15) is 0 Å². The van der Waals surface area contributed by atoms with Crippen LogP contribution in [-0.2, 0) is 9.59 Å². The van der Waals surface area contributed by atoms with Crippen molar-refractivity contribution in [2.75, 3.05) is 10.2 Å². The van der Waals surface area contributed by atoms with Gasteiger partial charge in [0.2, 0.25) is 11.7 Å². The molecule has 0 fully saturated rings. The van der Waals surface area contributed by atoms with Crippen LogP contribution in [0.15, 0.2) is 94.9 Å². The highest BCUT2D eigenvalue weighted by Crippen LogP contribution is 2.42. The normalized spacial score (nSPS) is 15.7. The van der Waals surface area contributed by atoms with E-state index in [0.717, 1.165) is 5.39 Å². The maximum Gasteiger partial charge on any atom is 0.294 e. The Morgan fingerprint density at radius 3 is 2.53 bits per heavy atom. The van der Waals surface area contributed by atoms with Gasteiger partial charge in [0.05, 0.1) is 11.6 Å².